The second-order valence-corrected chi connectivity index (χ2v) is 8.19. The molecule has 1 saturated heterocycles. The smallest absolute Gasteiger partial charge is 0.350 e. The van der Waals surface area contributed by atoms with Gasteiger partial charge in [-0.1, -0.05) is 31.5 Å². The van der Waals surface area contributed by atoms with Crippen molar-refractivity contribution in [2.45, 2.75) is 43.9 Å². The van der Waals surface area contributed by atoms with E-state index in [0.717, 1.165) is 32.4 Å². The van der Waals surface area contributed by atoms with Gasteiger partial charge in [-0.25, -0.2) is 13.2 Å². The van der Waals surface area contributed by atoms with Gasteiger partial charge in [0.15, 0.2) is 4.91 Å². The molecule has 0 saturated carbocycles. The Morgan fingerprint density at radius 1 is 1.15 bits per heavy atom. The lowest BCUT2D eigenvalue weighted by molar-refractivity contribution is -0.138. The molecule has 0 spiro atoms. The van der Waals surface area contributed by atoms with Crippen LogP contribution in [0.15, 0.2) is 58.5 Å². The first kappa shape index (κ1) is 20.2. The minimum atomic E-state index is -3.92. The summed E-state index contributed by atoms with van der Waals surface area (Å²) >= 11 is 0. The maximum atomic E-state index is 12.9. The maximum Gasteiger partial charge on any atom is 0.350 e. The second kappa shape index (κ2) is 10.2. The molecule has 1 heterocycles. The predicted octanol–water partition coefficient (Wildman–Crippen LogP) is 3.69. The third-order valence-corrected chi connectivity index (χ3v) is 5.98. The number of hydrogen-bond acceptors (Lipinski definition) is 5. The summed E-state index contributed by atoms with van der Waals surface area (Å²) in [5.74, 6) is -0.800. The number of benzene rings is 1. The number of nitrogens with zero attached hydrogens (tertiary/aromatic N) is 1. The van der Waals surface area contributed by atoms with Gasteiger partial charge in [-0.15, -0.1) is 0 Å². The highest BCUT2D eigenvalue weighted by Crippen LogP contribution is 2.21. The molecule has 0 atom stereocenters. The van der Waals surface area contributed by atoms with Gasteiger partial charge in [0.25, 0.3) is 0 Å². The summed E-state index contributed by atoms with van der Waals surface area (Å²) < 4.78 is 30.9. The predicted molar refractivity (Wildman–Crippen MR) is 102 cm³/mol. The van der Waals surface area contributed by atoms with Crippen molar-refractivity contribution in [1.29, 1.82) is 0 Å². The number of esters is 1. The topological polar surface area (TPSA) is 63.7 Å². The zero-order valence-electron chi connectivity index (χ0n) is 15.3. The van der Waals surface area contributed by atoms with Crippen LogP contribution in [0.25, 0.3) is 0 Å². The molecule has 6 heteroatoms. The average molecular weight is 378 g/mol. The summed E-state index contributed by atoms with van der Waals surface area (Å²) in [5.41, 5.74) is 0. The van der Waals surface area contributed by atoms with Gasteiger partial charge in [0.05, 0.1) is 11.5 Å². The molecule has 0 radical (unpaired) electrons. The minimum Gasteiger partial charge on any atom is -0.462 e. The largest absolute Gasteiger partial charge is 0.462 e. The van der Waals surface area contributed by atoms with E-state index >= 15 is 0 Å². The highest BCUT2D eigenvalue weighted by molar-refractivity contribution is 7.96. The first-order valence-electron chi connectivity index (χ1n) is 9.15. The van der Waals surface area contributed by atoms with Crippen LogP contribution < -0.4 is 0 Å². The zero-order chi connectivity index (χ0) is 18.8. The lowest BCUT2D eigenvalue weighted by Crippen LogP contribution is -2.24. The van der Waals surface area contributed by atoms with E-state index < -0.39 is 15.8 Å². The van der Waals surface area contributed by atoms with Gasteiger partial charge in [0.1, 0.15) is 0 Å². The van der Waals surface area contributed by atoms with Gasteiger partial charge < -0.3 is 9.64 Å². The van der Waals surface area contributed by atoms with E-state index in [0.29, 0.717) is 6.42 Å². The third-order valence-electron chi connectivity index (χ3n) is 4.21. The van der Waals surface area contributed by atoms with Crippen LogP contribution in [0.5, 0.6) is 0 Å². The Labute approximate surface area is 156 Å². The molecule has 0 bridgehead atoms. The number of unbranched alkanes of at least 4 members (excludes halogenated alkanes) is 1. The van der Waals surface area contributed by atoms with Crippen molar-refractivity contribution in [3.8, 4) is 0 Å². The van der Waals surface area contributed by atoms with E-state index in [2.05, 4.69) is 4.90 Å². The number of hydrogen-bond donors (Lipinski definition) is 0. The molecular formula is C20H27NO4S. The molecule has 1 fully saturated rings. The van der Waals surface area contributed by atoms with Crippen molar-refractivity contribution in [3.63, 3.8) is 0 Å². The molecule has 5 nitrogen and oxygen atoms in total. The standard InChI is InChI=1S/C20H27NO4S/c1-2-3-17-25-20(22)19(13-10-16-21-14-8-5-9-15-21)26(23,24)18-11-6-4-7-12-18/h4,6-7,10-13,16H,2-3,5,8-9,14-15,17H2,1H3. The van der Waals surface area contributed by atoms with E-state index in [1.54, 1.807) is 24.3 Å². The number of carbonyl (C=O) groups is 1. The van der Waals surface area contributed by atoms with Gasteiger partial charge in [-0.05, 0) is 56.2 Å². The first-order valence-corrected chi connectivity index (χ1v) is 10.6. The normalized spacial score (nSPS) is 16.0. The van der Waals surface area contributed by atoms with Crippen LogP contribution in [-0.2, 0) is 19.4 Å². The van der Waals surface area contributed by atoms with E-state index in [4.69, 9.17) is 4.74 Å². The second-order valence-electron chi connectivity index (χ2n) is 6.28. The van der Waals surface area contributed by atoms with E-state index in [-0.39, 0.29) is 16.4 Å². The first-order chi connectivity index (χ1) is 12.6. The van der Waals surface area contributed by atoms with Crippen molar-refractivity contribution in [2.75, 3.05) is 19.7 Å². The molecule has 0 aliphatic carbocycles. The molecule has 2 rings (SSSR count). The van der Waals surface area contributed by atoms with Crippen LogP contribution in [0, 0.1) is 0 Å². The number of rotatable bonds is 8. The molecule has 1 aromatic rings. The summed E-state index contributed by atoms with van der Waals surface area (Å²) in [5, 5.41) is 0. The molecule has 0 N–H and O–H groups in total. The fraction of sp³-hybridized carbons (Fsp3) is 0.450. The zero-order valence-corrected chi connectivity index (χ0v) is 16.1. The van der Waals surface area contributed by atoms with Crippen molar-refractivity contribution in [2.24, 2.45) is 0 Å². The summed E-state index contributed by atoms with van der Waals surface area (Å²) in [7, 11) is -3.92. The Hall–Kier alpha value is -2.08. The number of likely N-dealkylation sites (tertiary alicyclic amines) is 1. The summed E-state index contributed by atoms with van der Waals surface area (Å²) in [6.07, 6.45) is 9.87. The van der Waals surface area contributed by atoms with Crippen LogP contribution in [0.1, 0.15) is 39.0 Å². The van der Waals surface area contributed by atoms with Gasteiger partial charge in [0, 0.05) is 13.1 Å². The van der Waals surface area contributed by atoms with Crippen LogP contribution in [0.3, 0.4) is 0 Å². The Morgan fingerprint density at radius 3 is 2.50 bits per heavy atom. The Morgan fingerprint density at radius 2 is 1.85 bits per heavy atom. The number of sulfone groups is 1. The van der Waals surface area contributed by atoms with Crippen LogP contribution in [0.2, 0.25) is 0 Å². The van der Waals surface area contributed by atoms with Gasteiger partial charge in [-0.3, -0.25) is 0 Å². The van der Waals surface area contributed by atoms with E-state index in [1.165, 1.54) is 24.6 Å². The molecule has 142 valence electrons. The van der Waals surface area contributed by atoms with E-state index in [9.17, 15) is 13.2 Å². The minimum absolute atomic E-state index is 0.0880. The van der Waals surface area contributed by atoms with Crippen molar-refractivity contribution < 1.29 is 17.9 Å². The van der Waals surface area contributed by atoms with Crippen molar-refractivity contribution >= 4 is 15.8 Å². The fourth-order valence-electron chi connectivity index (χ4n) is 2.69. The molecular weight excluding hydrogens is 350 g/mol. The van der Waals surface area contributed by atoms with Gasteiger partial charge >= 0.3 is 5.97 Å². The molecule has 1 aromatic carbocycles. The lowest BCUT2D eigenvalue weighted by atomic mass is 10.1. The summed E-state index contributed by atoms with van der Waals surface area (Å²) in [6.45, 7) is 4.09. The van der Waals surface area contributed by atoms with Crippen LogP contribution in [-0.4, -0.2) is 39.0 Å². The lowest BCUT2D eigenvalue weighted by Gasteiger charge is -2.24. The highest BCUT2D eigenvalue weighted by atomic mass is 32.2. The monoisotopic (exact) mass is 377 g/mol. The Balaban J connectivity index is 2.24. The SMILES string of the molecule is CCCCOC(=O)C(=CC=CN1CCCCC1)S(=O)(=O)c1ccccc1. The number of piperidine rings is 1. The molecule has 1 aliphatic heterocycles. The quantitative estimate of drug-likeness (QED) is 0.299. The fourth-order valence-corrected chi connectivity index (χ4v) is 4.00. The number of ether oxygens (including phenoxy) is 1. The Kier molecular flexibility index (Phi) is 7.91. The molecule has 0 unspecified atom stereocenters. The number of allylic oxidation sites excluding steroid dienone is 2. The maximum absolute atomic E-state index is 12.9. The Bertz CT molecular complexity index is 732. The number of carbonyl (C=O) groups excluding carboxylic acids is 1. The third kappa shape index (κ3) is 5.73. The average Bonchev–Trinajstić information content (AvgIpc) is 2.66. The summed E-state index contributed by atoms with van der Waals surface area (Å²) in [4.78, 5) is 14.3. The van der Waals surface area contributed by atoms with Crippen LogP contribution >= 0.6 is 0 Å². The summed E-state index contributed by atoms with van der Waals surface area (Å²) in [6, 6.07) is 7.97. The van der Waals surface area contributed by atoms with Gasteiger partial charge in [0.2, 0.25) is 9.84 Å². The van der Waals surface area contributed by atoms with Crippen molar-refractivity contribution in [1.82, 2.24) is 4.90 Å². The molecule has 1 aliphatic rings. The molecule has 0 amide bonds. The molecule has 26 heavy (non-hydrogen) atoms. The van der Waals surface area contributed by atoms with Crippen molar-refractivity contribution in [3.05, 3.63) is 53.6 Å². The van der Waals surface area contributed by atoms with Gasteiger partial charge in [-0.2, -0.15) is 0 Å². The highest BCUT2D eigenvalue weighted by Gasteiger charge is 2.27. The molecule has 0 aromatic heterocycles. The van der Waals surface area contributed by atoms with Crippen LogP contribution in [0.4, 0.5) is 0 Å². The van der Waals surface area contributed by atoms with E-state index in [1.807, 2.05) is 13.1 Å².